The molecule has 0 aliphatic rings. The number of hydrogen-bond acceptors (Lipinski definition) is 0. The fraction of sp³-hybridized carbons (Fsp3) is 0. The molecule has 0 fully saturated rings. The van der Waals surface area contributed by atoms with Crippen molar-refractivity contribution in [3.63, 3.8) is 0 Å². The van der Waals surface area contributed by atoms with Crippen LogP contribution in [-0.2, 0) is 14.8 Å². The second-order valence-electron chi connectivity index (χ2n) is 2.27. The molecule has 56 valence electrons. The van der Waals surface area contributed by atoms with Gasteiger partial charge in [-0.3, -0.25) is 0 Å². The van der Waals surface area contributed by atoms with Gasteiger partial charge in [-0.15, -0.1) is 16.8 Å². The van der Waals surface area contributed by atoms with Crippen LogP contribution < -0.4 is 0 Å². The molecule has 2 aromatic carbocycles. The van der Waals surface area contributed by atoms with Crippen LogP contribution in [0.5, 0.6) is 0 Å². The van der Waals surface area contributed by atoms with Gasteiger partial charge in [-0.05, 0) is 0 Å². The third kappa shape index (κ3) is 2.53. The van der Waals surface area contributed by atoms with Gasteiger partial charge in [-0.25, -0.2) is 0 Å². The van der Waals surface area contributed by atoms with Crippen LogP contribution in [0.2, 0.25) is 0 Å². The molecule has 0 radical (unpaired) electrons. The van der Waals surface area contributed by atoms with E-state index in [0.717, 1.165) is 0 Å². The zero-order chi connectivity index (χ0) is 8.81. The van der Waals surface area contributed by atoms with Crippen LogP contribution in [-0.4, -0.2) is 0 Å². The van der Waals surface area contributed by atoms with Gasteiger partial charge in [0.2, 0.25) is 0 Å². The van der Waals surface area contributed by atoms with Crippen molar-refractivity contribution in [1.82, 2.24) is 0 Å². The molecule has 0 heterocycles. The third-order valence-electron chi connectivity index (χ3n) is 1.59. The molecule has 0 aromatic heterocycles. The summed E-state index contributed by atoms with van der Waals surface area (Å²) in [5.74, 6) is 0. The standard InChI is InChI=1S/C10H7.HI.Zn/c1-2-6-10-8-4-3-7-9(10)5-1;;/h1-3,5-8H;1H;/q-1;;+2/p-1. The van der Waals surface area contributed by atoms with E-state index < -0.39 is 0 Å². The minimum Gasteiger partial charge on any atom is -0.183 e. The molecular formula is C10H7IZn. The van der Waals surface area contributed by atoms with Crippen LogP contribution in [0.3, 0.4) is 0 Å². The van der Waals surface area contributed by atoms with Gasteiger partial charge < -0.3 is 0 Å². The number of halogens is 1. The van der Waals surface area contributed by atoms with Crippen LogP contribution in [0.1, 0.15) is 0 Å². The number of benzene rings is 2. The van der Waals surface area contributed by atoms with Crippen LogP contribution in [0.25, 0.3) is 10.8 Å². The number of rotatable bonds is 0. The first-order chi connectivity index (χ1) is 5.97. The maximum Gasteiger partial charge on any atom is -0.0648 e. The van der Waals surface area contributed by atoms with E-state index in [9.17, 15) is 0 Å². The summed E-state index contributed by atoms with van der Waals surface area (Å²) in [6.07, 6.45) is 0. The summed E-state index contributed by atoms with van der Waals surface area (Å²) in [6, 6.07) is 17.3. The summed E-state index contributed by atoms with van der Waals surface area (Å²) in [5.41, 5.74) is 0. The van der Waals surface area contributed by atoms with Crippen molar-refractivity contribution in [3.05, 3.63) is 48.5 Å². The molecule has 2 rings (SSSR count). The smallest absolute Gasteiger partial charge is 0.0648 e. The van der Waals surface area contributed by atoms with E-state index in [1.54, 1.807) is 0 Å². The van der Waals surface area contributed by atoms with Crippen molar-refractivity contribution in [2.45, 2.75) is 0 Å². The molecule has 12 heavy (non-hydrogen) atoms. The van der Waals surface area contributed by atoms with Crippen molar-refractivity contribution in [2.75, 3.05) is 0 Å². The largest absolute Gasteiger partial charge is 0.183 e. The average molecular weight is 319 g/mol. The van der Waals surface area contributed by atoms with Crippen molar-refractivity contribution in [2.24, 2.45) is 0 Å². The summed E-state index contributed by atoms with van der Waals surface area (Å²) >= 11 is 3.62. The van der Waals surface area contributed by atoms with E-state index in [4.69, 9.17) is 0 Å². The van der Waals surface area contributed by atoms with Crippen molar-refractivity contribution in [3.8, 4) is 0 Å². The van der Waals surface area contributed by atoms with E-state index in [1.165, 1.54) is 25.6 Å². The molecule has 0 spiro atoms. The van der Waals surface area contributed by atoms with Gasteiger partial charge in [0.15, 0.2) is 0 Å². The molecule has 0 aliphatic carbocycles. The number of fused-ring (bicyclic) bond motifs is 1. The summed E-state index contributed by atoms with van der Waals surface area (Å²) in [5, 5.41) is 2.53. The van der Waals surface area contributed by atoms with Crippen LogP contribution in [0.4, 0.5) is 0 Å². The Morgan fingerprint density at radius 3 is 2.33 bits per heavy atom. The average Bonchev–Trinajstić information content (AvgIpc) is 2.21. The Labute approximate surface area is 93.2 Å². The van der Waals surface area contributed by atoms with E-state index in [-0.39, 0.29) is 0 Å². The first-order valence-corrected chi connectivity index (χ1v) is 12.6. The Balaban J connectivity index is 0.000000336. The molecule has 0 nitrogen and oxygen atoms in total. The van der Waals surface area contributed by atoms with Crippen molar-refractivity contribution >= 4 is 30.5 Å². The Morgan fingerprint density at radius 2 is 1.67 bits per heavy atom. The molecule has 0 saturated heterocycles. The first-order valence-electron chi connectivity index (χ1n) is 3.58. The van der Waals surface area contributed by atoms with E-state index in [0.29, 0.717) is 0 Å². The summed E-state index contributed by atoms with van der Waals surface area (Å²) in [6.45, 7) is 0. The molecule has 0 unspecified atom stereocenters. The quantitative estimate of drug-likeness (QED) is 0.396. The Bertz CT molecular complexity index is 281. The fourth-order valence-electron chi connectivity index (χ4n) is 1.07. The predicted octanol–water partition coefficient (Wildman–Crippen LogP) is 3.52. The van der Waals surface area contributed by atoms with Gasteiger partial charge in [0.25, 0.3) is 0 Å². The molecule has 0 bridgehead atoms. The van der Waals surface area contributed by atoms with Crippen LogP contribution >= 0.6 is 19.8 Å². The summed E-state index contributed by atoms with van der Waals surface area (Å²) in [4.78, 5) is 0. The van der Waals surface area contributed by atoms with E-state index >= 15 is 0 Å². The number of hydrogen-bond donors (Lipinski definition) is 0. The molecule has 2 heteroatoms. The van der Waals surface area contributed by atoms with Gasteiger partial charge in [0.1, 0.15) is 0 Å². The molecule has 0 atom stereocenters. The maximum atomic E-state index is 3.04. The molecule has 0 saturated carbocycles. The molecule has 0 aliphatic heterocycles. The van der Waals surface area contributed by atoms with Gasteiger partial charge in [0.05, 0.1) is 0 Å². The molecule has 2 aromatic rings. The summed E-state index contributed by atoms with van der Waals surface area (Å²) in [7, 11) is 0. The predicted molar refractivity (Wildman–Crippen MR) is 56.8 cm³/mol. The SMILES string of the molecule is [Zn+][I].[c-]1ccc2ccccc2c1. The fourth-order valence-corrected chi connectivity index (χ4v) is 1.07. The van der Waals surface area contributed by atoms with Gasteiger partial charge in [-0.2, -0.15) is 24.3 Å². The monoisotopic (exact) mass is 318 g/mol. The van der Waals surface area contributed by atoms with Crippen molar-refractivity contribution in [1.29, 1.82) is 0 Å². The Kier molecular flexibility index (Phi) is 4.78. The van der Waals surface area contributed by atoms with Crippen molar-refractivity contribution < 1.29 is 14.8 Å². The molecule has 0 N–H and O–H groups in total. The van der Waals surface area contributed by atoms with Crippen LogP contribution in [0.15, 0.2) is 42.5 Å². The second kappa shape index (κ2) is 5.66. The molecule has 0 amide bonds. The maximum absolute atomic E-state index is 3.04. The second-order valence-corrected chi connectivity index (χ2v) is 2.27. The van der Waals surface area contributed by atoms with E-state index in [2.05, 4.69) is 44.0 Å². The zero-order valence-electron chi connectivity index (χ0n) is 6.63. The van der Waals surface area contributed by atoms with Crippen LogP contribution in [0, 0.1) is 6.07 Å². The van der Waals surface area contributed by atoms with Gasteiger partial charge >= 0.3 is 34.5 Å². The van der Waals surface area contributed by atoms with E-state index in [1.807, 2.05) is 24.3 Å². The third-order valence-corrected chi connectivity index (χ3v) is 1.59. The molecular weight excluding hydrogens is 312 g/mol. The Morgan fingerprint density at radius 1 is 1.00 bits per heavy atom. The topological polar surface area (TPSA) is 0 Å². The minimum absolute atomic E-state index is 1.25. The van der Waals surface area contributed by atoms with Gasteiger partial charge in [0, 0.05) is 0 Å². The normalized spacial score (nSPS) is 8.92. The summed E-state index contributed by atoms with van der Waals surface area (Å²) < 4.78 is 0. The zero-order valence-corrected chi connectivity index (χ0v) is 11.8. The first kappa shape index (κ1) is 10.1. The Hall–Kier alpha value is 0.0534. The minimum atomic E-state index is 1.25. The van der Waals surface area contributed by atoms with Gasteiger partial charge in [-0.1, -0.05) is 18.2 Å².